The number of anilines is 2. The Kier molecular flexibility index (Phi) is 3.96. The third-order valence-corrected chi connectivity index (χ3v) is 5.20. The van der Waals surface area contributed by atoms with Gasteiger partial charge in [-0.15, -0.1) is 0 Å². The highest BCUT2D eigenvalue weighted by Gasteiger charge is 2.20. The highest BCUT2D eigenvalue weighted by atomic mass is 16.3. The lowest BCUT2D eigenvalue weighted by atomic mass is 10.1. The van der Waals surface area contributed by atoms with Crippen LogP contribution in [0.3, 0.4) is 0 Å². The summed E-state index contributed by atoms with van der Waals surface area (Å²) in [5, 5.41) is 11.0. The van der Waals surface area contributed by atoms with Gasteiger partial charge >= 0.3 is 0 Å². The molecule has 0 atom stereocenters. The maximum Gasteiger partial charge on any atom is 0.141 e. The Morgan fingerprint density at radius 1 is 0.840 bits per heavy atom. The molecular formula is C21H23N3O. The number of hydrogen-bond acceptors (Lipinski definition) is 4. The van der Waals surface area contributed by atoms with E-state index in [0.29, 0.717) is 5.52 Å². The summed E-state index contributed by atoms with van der Waals surface area (Å²) in [7, 11) is 0. The summed E-state index contributed by atoms with van der Waals surface area (Å²) >= 11 is 0. The molecule has 0 amide bonds. The molecule has 4 nitrogen and oxygen atoms in total. The number of para-hydroxylation sites is 1. The van der Waals surface area contributed by atoms with Crippen LogP contribution in [0, 0.1) is 13.8 Å². The van der Waals surface area contributed by atoms with Crippen LogP contribution < -0.4 is 9.80 Å². The number of rotatable bonds is 2. The Bertz CT molecular complexity index is 914. The number of phenolic OH excluding ortho intramolecular Hbond substituents is 1. The molecule has 4 heteroatoms. The predicted octanol–water partition coefficient (Wildman–Crippen LogP) is 3.88. The smallest absolute Gasteiger partial charge is 0.141 e. The van der Waals surface area contributed by atoms with Crippen molar-refractivity contribution in [2.24, 2.45) is 0 Å². The van der Waals surface area contributed by atoms with Crippen LogP contribution in [0.1, 0.15) is 11.1 Å². The SMILES string of the molecule is Cc1cccc(N2CCN(c3ccc4cccc(O)c4n3)CC2)c1C. The highest BCUT2D eigenvalue weighted by molar-refractivity contribution is 5.85. The Morgan fingerprint density at radius 2 is 1.56 bits per heavy atom. The maximum atomic E-state index is 10.1. The van der Waals surface area contributed by atoms with Gasteiger partial charge in [-0.3, -0.25) is 0 Å². The second-order valence-electron chi connectivity index (χ2n) is 6.71. The molecule has 2 heterocycles. The fourth-order valence-electron chi connectivity index (χ4n) is 3.55. The summed E-state index contributed by atoms with van der Waals surface area (Å²) in [5.41, 5.74) is 4.72. The number of fused-ring (bicyclic) bond motifs is 1. The van der Waals surface area contributed by atoms with Gasteiger partial charge in [0.15, 0.2) is 0 Å². The number of aromatic nitrogens is 1. The molecule has 0 bridgehead atoms. The fourth-order valence-corrected chi connectivity index (χ4v) is 3.55. The molecule has 1 N–H and O–H groups in total. The number of hydrogen-bond donors (Lipinski definition) is 1. The van der Waals surface area contributed by atoms with E-state index < -0.39 is 0 Å². The molecule has 25 heavy (non-hydrogen) atoms. The normalized spacial score (nSPS) is 15.0. The Labute approximate surface area is 148 Å². The van der Waals surface area contributed by atoms with Crippen molar-refractivity contribution >= 4 is 22.4 Å². The molecule has 0 spiro atoms. The van der Waals surface area contributed by atoms with Gasteiger partial charge < -0.3 is 14.9 Å². The van der Waals surface area contributed by atoms with E-state index in [1.165, 1.54) is 16.8 Å². The highest BCUT2D eigenvalue weighted by Crippen LogP contribution is 2.27. The van der Waals surface area contributed by atoms with Crippen LogP contribution in [0.2, 0.25) is 0 Å². The van der Waals surface area contributed by atoms with Crippen molar-refractivity contribution < 1.29 is 5.11 Å². The Balaban J connectivity index is 1.54. The first kappa shape index (κ1) is 15.8. The lowest BCUT2D eigenvalue weighted by molar-refractivity contribution is 0.480. The lowest BCUT2D eigenvalue weighted by Gasteiger charge is -2.37. The van der Waals surface area contributed by atoms with Gasteiger partial charge in [0.25, 0.3) is 0 Å². The Hall–Kier alpha value is -2.75. The van der Waals surface area contributed by atoms with E-state index in [0.717, 1.165) is 37.4 Å². The summed E-state index contributed by atoms with van der Waals surface area (Å²) in [6.45, 7) is 8.18. The molecule has 1 fully saturated rings. The number of aryl methyl sites for hydroxylation is 1. The second kappa shape index (κ2) is 6.28. The molecule has 0 unspecified atom stereocenters. The Morgan fingerprint density at radius 3 is 2.36 bits per heavy atom. The number of pyridine rings is 1. The van der Waals surface area contributed by atoms with Crippen molar-refractivity contribution in [2.75, 3.05) is 36.0 Å². The van der Waals surface area contributed by atoms with Crippen molar-refractivity contribution in [3.05, 3.63) is 59.7 Å². The largest absolute Gasteiger partial charge is 0.506 e. The lowest BCUT2D eigenvalue weighted by Crippen LogP contribution is -2.47. The molecule has 128 valence electrons. The zero-order valence-electron chi connectivity index (χ0n) is 14.7. The van der Waals surface area contributed by atoms with Crippen molar-refractivity contribution in [2.45, 2.75) is 13.8 Å². The molecule has 1 saturated heterocycles. The van der Waals surface area contributed by atoms with E-state index in [9.17, 15) is 5.11 Å². The van der Waals surface area contributed by atoms with Crippen LogP contribution in [0.5, 0.6) is 5.75 Å². The van der Waals surface area contributed by atoms with Gasteiger partial charge in [-0.2, -0.15) is 0 Å². The van der Waals surface area contributed by atoms with Crippen molar-refractivity contribution in [1.29, 1.82) is 0 Å². The molecule has 1 aromatic heterocycles. The monoisotopic (exact) mass is 333 g/mol. The topological polar surface area (TPSA) is 39.6 Å². The van der Waals surface area contributed by atoms with E-state index in [1.54, 1.807) is 6.07 Å². The predicted molar refractivity (Wildman–Crippen MR) is 104 cm³/mol. The summed E-state index contributed by atoms with van der Waals surface area (Å²) in [5.74, 6) is 1.18. The quantitative estimate of drug-likeness (QED) is 0.772. The van der Waals surface area contributed by atoms with E-state index in [-0.39, 0.29) is 5.75 Å². The summed E-state index contributed by atoms with van der Waals surface area (Å²) in [6.07, 6.45) is 0. The third kappa shape index (κ3) is 2.88. The standard InChI is InChI=1S/C21H23N3O/c1-15-5-3-7-18(16(15)2)23-11-13-24(14-12-23)20-10-9-17-6-4-8-19(25)21(17)22-20/h3-10,25H,11-14H2,1-2H3. The van der Waals surface area contributed by atoms with Crippen LogP contribution in [0.4, 0.5) is 11.5 Å². The van der Waals surface area contributed by atoms with Gasteiger partial charge in [0.2, 0.25) is 0 Å². The zero-order chi connectivity index (χ0) is 17.4. The first-order valence-electron chi connectivity index (χ1n) is 8.78. The van der Waals surface area contributed by atoms with Crippen molar-refractivity contribution in [3.8, 4) is 5.75 Å². The van der Waals surface area contributed by atoms with E-state index in [1.807, 2.05) is 18.2 Å². The fraction of sp³-hybridized carbons (Fsp3) is 0.286. The average molecular weight is 333 g/mol. The molecule has 0 aliphatic carbocycles. The minimum absolute atomic E-state index is 0.244. The van der Waals surface area contributed by atoms with E-state index in [4.69, 9.17) is 0 Å². The van der Waals surface area contributed by atoms with Gasteiger partial charge in [0, 0.05) is 37.3 Å². The van der Waals surface area contributed by atoms with E-state index in [2.05, 4.69) is 52.9 Å². The van der Waals surface area contributed by atoms with Gasteiger partial charge in [-0.05, 0) is 49.2 Å². The molecular weight excluding hydrogens is 310 g/mol. The third-order valence-electron chi connectivity index (χ3n) is 5.20. The molecule has 4 rings (SSSR count). The van der Waals surface area contributed by atoms with Crippen molar-refractivity contribution in [1.82, 2.24) is 4.98 Å². The first-order valence-corrected chi connectivity index (χ1v) is 8.78. The molecule has 1 aliphatic rings. The molecule has 2 aromatic carbocycles. The van der Waals surface area contributed by atoms with Gasteiger partial charge in [-0.25, -0.2) is 4.98 Å². The van der Waals surface area contributed by atoms with Gasteiger partial charge in [0.1, 0.15) is 17.1 Å². The number of aromatic hydroxyl groups is 1. The number of piperazine rings is 1. The minimum atomic E-state index is 0.244. The van der Waals surface area contributed by atoms with Crippen LogP contribution in [-0.4, -0.2) is 36.3 Å². The van der Waals surface area contributed by atoms with E-state index >= 15 is 0 Å². The summed E-state index contributed by atoms with van der Waals surface area (Å²) in [6, 6.07) is 16.1. The number of nitrogens with zero attached hydrogens (tertiary/aromatic N) is 3. The summed E-state index contributed by atoms with van der Waals surface area (Å²) in [4.78, 5) is 9.44. The molecule has 3 aromatic rings. The summed E-state index contributed by atoms with van der Waals surface area (Å²) < 4.78 is 0. The van der Waals surface area contributed by atoms with Crippen LogP contribution in [0.25, 0.3) is 10.9 Å². The zero-order valence-corrected chi connectivity index (χ0v) is 14.7. The first-order chi connectivity index (χ1) is 12.1. The van der Waals surface area contributed by atoms with Gasteiger partial charge in [-0.1, -0.05) is 24.3 Å². The van der Waals surface area contributed by atoms with Crippen LogP contribution in [0.15, 0.2) is 48.5 Å². The van der Waals surface area contributed by atoms with Crippen LogP contribution >= 0.6 is 0 Å². The molecule has 0 saturated carbocycles. The average Bonchev–Trinajstić information content (AvgIpc) is 2.64. The number of phenols is 1. The second-order valence-corrected chi connectivity index (χ2v) is 6.71. The molecule has 0 radical (unpaired) electrons. The van der Waals surface area contributed by atoms with Crippen LogP contribution in [-0.2, 0) is 0 Å². The van der Waals surface area contributed by atoms with Crippen molar-refractivity contribution in [3.63, 3.8) is 0 Å². The van der Waals surface area contributed by atoms with Gasteiger partial charge in [0.05, 0.1) is 0 Å². The maximum absolute atomic E-state index is 10.1. The minimum Gasteiger partial charge on any atom is -0.506 e. The number of benzene rings is 2. The molecule has 1 aliphatic heterocycles.